The molecular weight excluding hydrogens is 218 g/mol. The predicted molar refractivity (Wildman–Crippen MR) is 64.9 cm³/mol. The van der Waals surface area contributed by atoms with Crippen molar-refractivity contribution in [2.45, 2.75) is 26.9 Å². The number of rotatable bonds is 4. The summed E-state index contributed by atoms with van der Waals surface area (Å²) in [4.78, 5) is 15.9. The van der Waals surface area contributed by atoms with Gasteiger partial charge in [-0.05, 0) is 26.0 Å². The molecule has 0 saturated heterocycles. The second-order valence-electron chi connectivity index (χ2n) is 3.73. The van der Waals surface area contributed by atoms with E-state index in [9.17, 15) is 4.79 Å². The number of anilines is 1. The van der Waals surface area contributed by atoms with Crippen molar-refractivity contribution in [1.82, 2.24) is 9.55 Å². The molecule has 0 bridgehead atoms. The first-order valence-electron chi connectivity index (χ1n) is 5.55. The van der Waals surface area contributed by atoms with Gasteiger partial charge in [-0.3, -0.25) is 4.79 Å². The van der Waals surface area contributed by atoms with Crippen molar-refractivity contribution >= 4 is 5.82 Å². The fourth-order valence-corrected chi connectivity index (χ4v) is 1.57. The average molecular weight is 233 g/mol. The van der Waals surface area contributed by atoms with Gasteiger partial charge in [0.1, 0.15) is 11.5 Å². The summed E-state index contributed by atoms with van der Waals surface area (Å²) in [5.74, 6) is 1.99. The zero-order chi connectivity index (χ0) is 12.3. The lowest BCUT2D eigenvalue weighted by molar-refractivity contribution is 0.490. The molecule has 2 rings (SSSR count). The minimum Gasteiger partial charge on any atom is -0.465 e. The van der Waals surface area contributed by atoms with Gasteiger partial charge in [-0.15, -0.1) is 0 Å². The van der Waals surface area contributed by atoms with Gasteiger partial charge in [0.2, 0.25) is 0 Å². The highest BCUT2D eigenvalue weighted by molar-refractivity contribution is 5.31. The summed E-state index contributed by atoms with van der Waals surface area (Å²) in [5.41, 5.74) is -0.113. The molecule has 90 valence electrons. The first kappa shape index (κ1) is 11.4. The summed E-state index contributed by atoms with van der Waals surface area (Å²) < 4.78 is 7.00. The van der Waals surface area contributed by atoms with Crippen molar-refractivity contribution in [2.75, 3.05) is 5.32 Å². The molecule has 0 aliphatic heterocycles. The molecular formula is C12H15N3O2. The molecule has 17 heavy (non-hydrogen) atoms. The van der Waals surface area contributed by atoms with E-state index in [0.717, 1.165) is 11.5 Å². The Morgan fingerprint density at radius 2 is 2.29 bits per heavy atom. The highest BCUT2D eigenvalue weighted by Gasteiger charge is 2.04. The second-order valence-corrected chi connectivity index (χ2v) is 3.73. The average Bonchev–Trinajstić information content (AvgIpc) is 2.74. The maximum atomic E-state index is 11.8. The third kappa shape index (κ3) is 2.55. The van der Waals surface area contributed by atoms with Crippen LogP contribution in [0.5, 0.6) is 0 Å². The van der Waals surface area contributed by atoms with Crippen LogP contribution in [0.1, 0.15) is 18.4 Å². The SMILES string of the molecule is CCn1ccnc(NCc2ccc(C)o2)c1=O. The van der Waals surface area contributed by atoms with Gasteiger partial charge in [0.05, 0.1) is 6.54 Å². The Kier molecular flexibility index (Phi) is 3.27. The Labute approximate surface area is 99.1 Å². The zero-order valence-electron chi connectivity index (χ0n) is 9.93. The molecule has 0 fully saturated rings. The molecule has 2 aromatic rings. The van der Waals surface area contributed by atoms with Crippen LogP contribution in [0.25, 0.3) is 0 Å². The molecule has 5 heteroatoms. The number of aryl methyl sites for hydroxylation is 2. The van der Waals surface area contributed by atoms with Gasteiger partial charge in [-0.25, -0.2) is 4.98 Å². The zero-order valence-corrected chi connectivity index (χ0v) is 9.93. The van der Waals surface area contributed by atoms with Crippen LogP contribution in [-0.4, -0.2) is 9.55 Å². The molecule has 0 unspecified atom stereocenters. The van der Waals surface area contributed by atoms with Gasteiger partial charge >= 0.3 is 0 Å². The van der Waals surface area contributed by atoms with Crippen LogP contribution in [0.2, 0.25) is 0 Å². The summed E-state index contributed by atoms with van der Waals surface area (Å²) in [7, 11) is 0. The third-order valence-electron chi connectivity index (χ3n) is 2.48. The maximum Gasteiger partial charge on any atom is 0.293 e. The van der Waals surface area contributed by atoms with Crippen molar-refractivity contribution in [1.29, 1.82) is 0 Å². The van der Waals surface area contributed by atoms with E-state index in [1.54, 1.807) is 17.0 Å². The van der Waals surface area contributed by atoms with E-state index in [2.05, 4.69) is 10.3 Å². The molecule has 0 radical (unpaired) electrons. The molecule has 0 aliphatic carbocycles. The molecule has 0 amide bonds. The fourth-order valence-electron chi connectivity index (χ4n) is 1.57. The summed E-state index contributed by atoms with van der Waals surface area (Å²) in [5, 5.41) is 2.98. The summed E-state index contributed by atoms with van der Waals surface area (Å²) in [6.07, 6.45) is 3.28. The molecule has 0 aliphatic rings. The van der Waals surface area contributed by atoms with Crippen LogP contribution in [0.4, 0.5) is 5.82 Å². The van der Waals surface area contributed by atoms with E-state index in [-0.39, 0.29) is 5.56 Å². The van der Waals surface area contributed by atoms with E-state index in [4.69, 9.17) is 4.42 Å². The summed E-state index contributed by atoms with van der Waals surface area (Å²) >= 11 is 0. The standard InChI is InChI=1S/C12H15N3O2/c1-3-15-7-6-13-11(12(15)16)14-8-10-5-4-9(2)17-10/h4-7H,3,8H2,1-2H3,(H,13,14). The van der Waals surface area contributed by atoms with E-state index >= 15 is 0 Å². The first-order chi connectivity index (χ1) is 8.20. The number of aromatic nitrogens is 2. The second kappa shape index (κ2) is 4.86. The third-order valence-corrected chi connectivity index (χ3v) is 2.48. The van der Waals surface area contributed by atoms with Crippen LogP contribution < -0.4 is 10.9 Å². The molecule has 0 spiro atoms. The van der Waals surface area contributed by atoms with E-state index in [1.165, 1.54) is 0 Å². The Bertz CT molecular complexity index is 557. The summed E-state index contributed by atoms with van der Waals surface area (Å²) in [6, 6.07) is 3.77. The Morgan fingerprint density at radius 3 is 2.94 bits per heavy atom. The van der Waals surface area contributed by atoms with Crippen LogP contribution in [-0.2, 0) is 13.1 Å². The number of hydrogen-bond donors (Lipinski definition) is 1. The van der Waals surface area contributed by atoms with Gasteiger partial charge in [0.15, 0.2) is 5.82 Å². The first-order valence-corrected chi connectivity index (χ1v) is 5.55. The van der Waals surface area contributed by atoms with Gasteiger partial charge < -0.3 is 14.3 Å². The minimum atomic E-state index is -0.113. The van der Waals surface area contributed by atoms with Crippen LogP contribution in [0.15, 0.2) is 33.7 Å². The van der Waals surface area contributed by atoms with Gasteiger partial charge in [0, 0.05) is 18.9 Å². The van der Waals surface area contributed by atoms with Crippen molar-refractivity contribution in [3.8, 4) is 0 Å². The van der Waals surface area contributed by atoms with E-state index < -0.39 is 0 Å². The molecule has 2 aromatic heterocycles. The van der Waals surface area contributed by atoms with Crippen molar-refractivity contribution in [3.63, 3.8) is 0 Å². The van der Waals surface area contributed by atoms with Crippen LogP contribution in [0.3, 0.4) is 0 Å². The topological polar surface area (TPSA) is 60.1 Å². The predicted octanol–water partition coefficient (Wildman–Crippen LogP) is 1.78. The molecule has 0 aromatic carbocycles. The number of furan rings is 1. The van der Waals surface area contributed by atoms with Crippen molar-refractivity contribution in [2.24, 2.45) is 0 Å². The lowest BCUT2D eigenvalue weighted by Crippen LogP contribution is -2.23. The lowest BCUT2D eigenvalue weighted by atomic mass is 10.4. The van der Waals surface area contributed by atoms with E-state index in [1.807, 2.05) is 26.0 Å². The number of nitrogens with one attached hydrogen (secondary N) is 1. The van der Waals surface area contributed by atoms with E-state index in [0.29, 0.717) is 18.9 Å². The Balaban J connectivity index is 2.11. The van der Waals surface area contributed by atoms with Gasteiger partial charge in [-0.1, -0.05) is 0 Å². The van der Waals surface area contributed by atoms with Gasteiger partial charge in [0.25, 0.3) is 5.56 Å². The summed E-state index contributed by atoms with van der Waals surface area (Å²) in [6.45, 7) is 4.90. The largest absolute Gasteiger partial charge is 0.465 e. The molecule has 1 N–H and O–H groups in total. The van der Waals surface area contributed by atoms with Crippen LogP contribution in [0, 0.1) is 6.92 Å². The number of hydrogen-bond acceptors (Lipinski definition) is 4. The Hall–Kier alpha value is -2.04. The molecule has 0 atom stereocenters. The highest BCUT2D eigenvalue weighted by Crippen LogP contribution is 2.07. The monoisotopic (exact) mass is 233 g/mol. The quantitative estimate of drug-likeness (QED) is 0.874. The van der Waals surface area contributed by atoms with Crippen molar-refractivity contribution < 1.29 is 4.42 Å². The number of nitrogens with zero attached hydrogens (tertiary/aromatic N) is 2. The van der Waals surface area contributed by atoms with Crippen LogP contribution >= 0.6 is 0 Å². The molecule has 5 nitrogen and oxygen atoms in total. The van der Waals surface area contributed by atoms with Crippen molar-refractivity contribution in [3.05, 3.63) is 46.4 Å². The lowest BCUT2D eigenvalue weighted by Gasteiger charge is -2.05. The minimum absolute atomic E-state index is 0.113. The molecule has 2 heterocycles. The highest BCUT2D eigenvalue weighted by atomic mass is 16.3. The Morgan fingerprint density at radius 1 is 1.47 bits per heavy atom. The maximum absolute atomic E-state index is 11.8. The smallest absolute Gasteiger partial charge is 0.293 e. The van der Waals surface area contributed by atoms with Gasteiger partial charge in [-0.2, -0.15) is 0 Å². The normalized spacial score (nSPS) is 10.5. The molecule has 0 saturated carbocycles. The fraction of sp³-hybridized carbons (Fsp3) is 0.333.